The van der Waals surface area contributed by atoms with Crippen molar-refractivity contribution in [3.05, 3.63) is 54.1 Å². The standard InChI is InChI=1S/C28H38N6O6/c1-4-5-12-25(35)33(26(20(2)3)28(36)39-17-8-9-18-40-34(37)38)19-21-13-15-22(16-14-21)23-10-6-7-11-24(23)27-29-31-32-30-27/h6-7,10-11,13-16,20,26,37-38H,4-5,8-9,12,17-19H2,1-3H3,(H,29,30,31,32)/t26-/m0/s1. The number of tetrazole rings is 1. The van der Waals surface area contributed by atoms with Crippen molar-refractivity contribution in [3.8, 4) is 22.5 Å². The number of nitrogens with one attached hydrogen (secondary N) is 1. The Kier molecular flexibility index (Phi) is 12.2. The molecular weight excluding hydrogens is 516 g/mol. The Labute approximate surface area is 233 Å². The van der Waals surface area contributed by atoms with E-state index in [2.05, 4.69) is 25.5 Å². The monoisotopic (exact) mass is 554 g/mol. The van der Waals surface area contributed by atoms with Crippen molar-refractivity contribution in [2.24, 2.45) is 5.92 Å². The Morgan fingerprint density at radius 1 is 0.975 bits per heavy atom. The third-order valence-electron chi connectivity index (χ3n) is 6.39. The molecule has 12 nitrogen and oxygen atoms in total. The quantitative estimate of drug-likeness (QED) is 0.132. The first-order chi connectivity index (χ1) is 19.3. The molecule has 3 N–H and O–H groups in total. The van der Waals surface area contributed by atoms with Gasteiger partial charge in [-0.1, -0.05) is 75.7 Å². The largest absolute Gasteiger partial charge is 0.464 e. The number of esters is 1. The van der Waals surface area contributed by atoms with Gasteiger partial charge in [-0.15, -0.1) is 10.2 Å². The minimum atomic E-state index is -0.746. The van der Waals surface area contributed by atoms with Gasteiger partial charge in [0.1, 0.15) is 6.04 Å². The molecule has 3 rings (SSSR count). The van der Waals surface area contributed by atoms with Crippen LogP contribution in [0.15, 0.2) is 48.5 Å². The summed E-state index contributed by atoms with van der Waals surface area (Å²) in [6.07, 6.45) is 2.87. The summed E-state index contributed by atoms with van der Waals surface area (Å²) in [4.78, 5) is 32.6. The zero-order valence-electron chi connectivity index (χ0n) is 23.2. The maximum Gasteiger partial charge on any atom is 0.329 e. The van der Waals surface area contributed by atoms with Crippen LogP contribution in [0.2, 0.25) is 0 Å². The van der Waals surface area contributed by atoms with Crippen LogP contribution in [0.3, 0.4) is 0 Å². The molecule has 12 heteroatoms. The first-order valence-electron chi connectivity index (χ1n) is 13.5. The van der Waals surface area contributed by atoms with Gasteiger partial charge < -0.3 is 9.64 Å². The second kappa shape index (κ2) is 15.8. The smallest absolute Gasteiger partial charge is 0.329 e. The van der Waals surface area contributed by atoms with E-state index in [-0.39, 0.29) is 37.0 Å². The fraction of sp³-hybridized carbons (Fsp3) is 0.464. The third-order valence-corrected chi connectivity index (χ3v) is 6.39. The van der Waals surface area contributed by atoms with E-state index < -0.39 is 12.0 Å². The fourth-order valence-electron chi connectivity index (χ4n) is 4.37. The molecule has 1 aromatic heterocycles. The second-order valence-corrected chi connectivity index (χ2v) is 9.75. The van der Waals surface area contributed by atoms with Crippen LogP contribution in [-0.2, 0) is 25.7 Å². The van der Waals surface area contributed by atoms with E-state index in [4.69, 9.17) is 15.2 Å². The van der Waals surface area contributed by atoms with Gasteiger partial charge in [-0.25, -0.2) is 4.79 Å². The van der Waals surface area contributed by atoms with Crippen molar-refractivity contribution in [3.63, 3.8) is 0 Å². The average Bonchev–Trinajstić information content (AvgIpc) is 3.48. The van der Waals surface area contributed by atoms with Crippen LogP contribution in [0.5, 0.6) is 0 Å². The minimum absolute atomic E-state index is 0.0648. The number of ether oxygens (including phenoxy) is 1. The zero-order chi connectivity index (χ0) is 28.9. The molecule has 1 atom stereocenters. The van der Waals surface area contributed by atoms with E-state index in [1.807, 2.05) is 69.3 Å². The van der Waals surface area contributed by atoms with E-state index in [0.717, 1.165) is 35.1 Å². The molecular formula is C28H38N6O6. The molecule has 0 aliphatic heterocycles. The summed E-state index contributed by atoms with van der Waals surface area (Å²) in [6.45, 7) is 6.28. The van der Waals surface area contributed by atoms with Crippen LogP contribution in [-0.4, -0.2) is 72.5 Å². The molecule has 2 aromatic carbocycles. The number of carbonyl (C=O) groups excluding carboxylic acids is 2. The molecule has 1 amide bonds. The molecule has 0 aliphatic carbocycles. The van der Waals surface area contributed by atoms with Gasteiger partial charge in [0.05, 0.1) is 18.6 Å². The molecule has 40 heavy (non-hydrogen) atoms. The Bertz CT molecular complexity index is 1190. The SMILES string of the molecule is CCCCC(=O)N(Cc1ccc(-c2ccccc2-c2nn[nH]n2)cc1)[C@H](C(=O)OCCCCON(O)O)C(C)C. The number of amides is 1. The first kappa shape index (κ1) is 30.8. The van der Waals surface area contributed by atoms with Crippen molar-refractivity contribution in [2.45, 2.75) is 65.5 Å². The molecule has 216 valence electrons. The number of rotatable bonds is 16. The van der Waals surface area contributed by atoms with E-state index in [9.17, 15) is 9.59 Å². The third kappa shape index (κ3) is 8.91. The summed E-state index contributed by atoms with van der Waals surface area (Å²) in [5.74, 6) is -0.220. The minimum Gasteiger partial charge on any atom is -0.464 e. The number of H-pyrrole nitrogens is 1. The highest BCUT2D eigenvalue weighted by Gasteiger charge is 2.33. The zero-order valence-corrected chi connectivity index (χ0v) is 23.2. The van der Waals surface area contributed by atoms with Crippen LogP contribution in [0, 0.1) is 5.92 Å². The van der Waals surface area contributed by atoms with Crippen molar-refractivity contribution in [2.75, 3.05) is 13.2 Å². The lowest BCUT2D eigenvalue weighted by atomic mass is 9.97. The number of benzene rings is 2. The van der Waals surface area contributed by atoms with E-state index >= 15 is 0 Å². The maximum atomic E-state index is 13.3. The molecule has 0 spiro atoms. The van der Waals surface area contributed by atoms with Gasteiger partial charge in [0.15, 0.2) is 0 Å². The van der Waals surface area contributed by atoms with Gasteiger partial charge in [0, 0.05) is 18.5 Å². The average molecular weight is 555 g/mol. The van der Waals surface area contributed by atoms with Gasteiger partial charge in [-0.05, 0) is 47.1 Å². The van der Waals surface area contributed by atoms with E-state index in [0.29, 0.717) is 25.1 Å². The van der Waals surface area contributed by atoms with Crippen molar-refractivity contribution >= 4 is 11.9 Å². The molecule has 0 radical (unpaired) electrons. The van der Waals surface area contributed by atoms with Gasteiger partial charge in [0.25, 0.3) is 0 Å². The predicted molar refractivity (Wildman–Crippen MR) is 145 cm³/mol. The Morgan fingerprint density at radius 2 is 1.68 bits per heavy atom. The summed E-state index contributed by atoms with van der Waals surface area (Å²) in [5.41, 5.74) is 3.65. The number of hydrogen-bond donors (Lipinski definition) is 3. The van der Waals surface area contributed by atoms with Crippen LogP contribution in [0.4, 0.5) is 0 Å². The van der Waals surface area contributed by atoms with Gasteiger partial charge >= 0.3 is 5.97 Å². The fourth-order valence-corrected chi connectivity index (χ4v) is 4.37. The summed E-state index contributed by atoms with van der Waals surface area (Å²) in [5, 5.41) is 31.2. The Morgan fingerprint density at radius 3 is 2.30 bits per heavy atom. The first-order valence-corrected chi connectivity index (χ1v) is 13.5. The van der Waals surface area contributed by atoms with Crippen molar-refractivity contribution in [1.82, 2.24) is 30.9 Å². The number of unbranched alkanes of at least 4 members (excludes halogenated alkanes) is 2. The summed E-state index contributed by atoms with van der Waals surface area (Å²) < 4.78 is 5.52. The number of nitrogens with zero attached hydrogens (tertiary/aromatic N) is 5. The van der Waals surface area contributed by atoms with Crippen molar-refractivity contribution < 1.29 is 29.6 Å². The van der Waals surface area contributed by atoms with Crippen LogP contribution in [0.25, 0.3) is 22.5 Å². The van der Waals surface area contributed by atoms with Crippen LogP contribution >= 0.6 is 0 Å². The highest BCUT2D eigenvalue weighted by molar-refractivity contribution is 5.85. The summed E-state index contributed by atoms with van der Waals surface area (Å²) >= 11 is 0. The number of aromatic amines is 1. The number of aromatic nitrogens is 4. The second-order valence-electron chi connectivity index (χ2n) is 9.75. The lowest BCUT2D eigenvalue weighted by molar-refractivity contribution is -0.492. The van der Waals surface area contributed by atoms with E-state index in [1.54, 1.807) is 4.90 Å². The lowest BCUT2D eigenvalue weighted by Crippen LogP contribution is -2.48. The highest BCUT2D eigenvalue weighted by atomic mass is 17.1. The summed E-state index contributed by atoms with van der Waals surface area (Å²) in [7, 11) is 0. The molecule has 0 fully saturated rings. The molecule has 0 saturated heterocycles. The Balaban J connectivity index is 1.75. The van der Waals surface area contributed by atoms with Gasteiger partial charge in [-0.3, -0.25) is 20.0 Å². The molecule has 3 aromatic rings. The molecule has 0 aliphatic rings. The predicted octanol–water partition coefficient (Wildman–Crippen LogP) is 4.41. The van der Waals surface area contributed by atoms with Crippen molar-refractivity contribution in [1.29, 1.82) is 0 Å². The molecule has 1 heterocycles. The molecule has 0 saturated carbocycles. The Hall–Kier alpha value is -3.71. The number of carbonyl (C=O) groups is 2. The molecule has 0 bridgehead atoms. The normalized spacial score (nSPS) is 12.1. The maximum absolute atomic E-state index is 13.3. The number of hydrogen-bond acceptors (Lipinski definition) is 10. The highest BCUT2D eigenvalue weighted by Crippen LogP contribution is 2.30. The summed E-state index contributed by atoms with van der Waals surface area (Å²) in [6, 6.07) is 14.9. The van der Waals surface area contributed by atoms with Crippen LogP contribution in [0.1, 0.15) is 58.4 Å². The lowest BCUT2D eigenvalue weighted by Gasteiger charge is -2.33. The van der Waals surface area contributed by atoms with Gasteiger partial charge in [0.2, 0.25) is 11.7 Å². The van der Waals surface area contributed by atoms with Gasteiger partial charge in [-0.2, -0.15) is 5.21 Å². The molecule has 0 unspecified atom stereocenters. The topological polar surface area (TPSA) is 154 Å². The van der Waals surface area contributed by atoms with Crippen LogP contribution < -0.4 is 0 Å². The van der Waals surface area contributed by atoms with E-state index in [1.165, 1.54) is 0 Å².